The molecule has 0 aliphatic carbocycles. The molecule has 0 radical (unpaired) electrons. The Morgan fingerprint density at radius 1 is 1.10 bits per heavy atom. The van der Waals surface area contributed by atoms with Gasteiger partial charge in [0.2, 0.25) is 0 Å². The fourth-order valence-electron chi connectivity index (χ4n) is 1.74. The Morgan fingerprint density at radius 3 is 2.35 bits per heavy atom. The molecule has 3 nitrogen and oxygen atoms in total. The van der Waals surface area contributed by atoms with Crippen LogP contribution in [0.25, 0.3) is 0 Å². The summed E-state index contributed by atoms with van der Waals surface area (Å²) in [7, 11) is 1.56. The van der Waals surface area contributed by atoms with Crippen molar-refractivity contribution in [2.75, 3.05) is 12.4 Å². The van der Waals surface area contributed by atoms with Gasteiger partial charge in [-0.05, 0) is 42.0 Å². The maximum Gasteiger partial charge on any atom is 0.159 e. The number of hydrogen-bond donors (Lipinski definition) is 1. The van der Waals surface area contributed by atoms with E-state index in [0.29, 0.717) is 17.0 Å². The molecule has 0 aliphatic heterocycles. The lowest BCUT2D eigenvalue weighted by Gasteiger charge is -2.14. The summed E-state index contributed by atoms with van der Waals surface area (Å²) < 4.78 is 31.1. The number of nitrogens with one attached hydrogen (secondary N) is 1. The molecule has 0 fully saturated rings. The van der Waals surface area contributed by atoms with Gasteiger partial charge in [0.25, 0.3) is 0 Å². The number of halogens is 2. The summed E-state index contributed by atoms with van der Waals surface area (Å²) in [5.41, 5.74) is 1.05. The number of hydrogen-bond acceptors (Lipinski definition) is 3. The van der Waals surface area contributed by atoms with Gasteiger partial charge in [-0.2, -0.15) is 5.26 Å². The summed E-state index contributed by atoms with van der Waals surface area (Å²) >= 11 is 0. The summed E-state index contributed by atoms with van der Waals surface area (Å²) in [4.78, 5) is 0. The molecule has 1 N–H and O–H groups in total. The van der Waals surface area contributed by atoms with Crippen LogP contribution in [0.2, 0.25) is 0 Å². The minimum atomic E-state index is -0.973. The Kier molecular flexibility index (Phi) is 4.16. The largest absolute Gasteiger partial charge is 0.497 e. The van der Waals surface area contributed by atoms with Gasteiger partial charge in [-0.25, -0.2) is 8.78 Å². The van der Waals surface area contributed by atoms with Crippen molar-refractivity contribution in [3.05, 3.63) is 59.7 Å². The van der Waals surface area contributed by atoms with E-state index in [2.05, 4.69) is 5.32 Å². The molecule has 20 heavy (non-hydrogen) atoms. The van der Waals surface area contributed by atoms with Gasteiger partial charge in [-0.3, -0.25) is 0 Å². The lowest BCUT2D eigenvalue weighted by molar-refractivity contribution is 0.415. The minimum absolute atomic E-state index is 0.363. The Balaban J connectivity index is 2.19. The highest BCUT2D eigenvalue weighted by atomic mass is 19.2. The molecule has 1 unspecified atom stereocenters. The lowest BCUT2D eigenvalue weighted by Crippen LogP contribution is -2.09. The van der Waals surface area contributed by atoms with E-state index in [4.69, 9.17) is 10.00 Å². The molecule has 2 rings (SSSR count). The van der Waals surface area contributed by atoms with E-state index in [1.807, 2.05) is 6.07 Å². The molecule has 5 heteroatoms. The van der Waals surface area contributed by atoms with Crippen LogP contribution in [0.3, 0.4) is 0 Å². The van der Waals surface area contributed by atoms with Crippen molar-refractivity contribution < 1.29 is 13.5 Å². The third-order valence-electron chi connectivity index (χ3n) is 2.81. The van der Waals surface area contributed by atoms with Crippen molar-refractivity contribution in [3.63, 3.8) is 0 Å². The Morgan fingerprint density at radius 2 is 1.80 bits per heavy atom. The van der Waals surface area contributed by atoms with E-state index in [1.165, 1.54) is 6.07 Å². The number of benzene rings is 2. The van der Waals surface area contributed by atoms with E-state index < -0.39 is 17.7 Å². The Labute approximate surface area is 115 Å². The first-order valence-electron chi connectivity index (χ1n) is 5.89. The normalized spacial score (nSPS) is 11.5. The second kappa shape index (κ2) is 6.02. The number of nitrogens with zero attached hydrogens (tertiary/aromatic N) is 1. The molecule has 1 atom stereocenters. The van der Waals surface area contributed by atoms with E-state index in [0.717, 1.165) is 12.1 Å². The molecule has 0 aromatic heterocycles. The zero-order chi connectivity index (χ0) is 14.5. The van der Waals surface area contributed by atoms with Gasteiger partial charge in [0.1, 0.15) is 11.8 Å². The molecule has 0 saturated heterocycles. The summed E-state index contributed by atoms with van der Waals surface area (Å²) in [5.74, 6) is -1.22. The van der Waals surface area contributed by atoms with Crippen LogP contribution in [-0.2, 0) is 0 Å². The monoisotopic (exact) mass is 274 g/mol. The van der Waals surface area contributed by atoms with E-state index in [9.17, 15) is 8.78 Å². The number of rotatable bonds is 4. The van der Waals surface area contributed by atoms with Gasteiger partial charge in [0.15, 0.2) is 11.6 Å². The highest BCUT2D eigenvalue weighted by Gasteiger charge is 2.13. The lowest BCUT2D eigenvalue weighted by atomic mass is 10.1. The summed E-state index contributed by atoms with van der Waals surface area (Å²) in [6, 6.07) is 11.6. The molecular weight excluding hydrogens is 262 g/mol. The van der Waals surface area contributed by atoms with Crippen molar-refractivity contribution in [1.29, 1.82) is 5.26 Å². The summed E-state index contributed by atoms with van der Waals surface area (Å²) in [5, 5.41) is 12.1. The highest BCUT2D eigenvalue weighted by Crippen LogP contribution is 2.22. The van der Waals surface area contributed by atoms with Crippen LogP contribution < -0.4 is 10.1 Å². The molecular formula is C15H12F2N2O. The maximum absolute atomic E-state index is 13.2. The van der Waals surface area contributed by atoms with Gasteiger partial charge in [-0.1, -0.05) is 6.07 Å². The van der Waals surface area contributed by atoms with Crippen LogP contribution in [0.5, 0.6) is 5.75 Å². The van der Waals surface area contributed by atoms with Crippen LogP contribution in [-0.4, -0.2) is 7.11 Å². The molecule has 0 aliphatic rings. The van der Waals surface area contributed by atoms with Crippen LogP contribution in [0.1, 0.15) is 11.6 Å². The van der Waals surface area contributed by atoms with Gasteiger partial charge >= 0.3 is 0 Å². The maximum atomic E-state index is 13.2. The first-order chi connectivity index (χ1) is 9.63. The zero-order valence-electron chi connectivity index (χ0n) is 10.7. The van der Waals surface area contributed by atoms with Crippen molar-refractivity contribution in [2.45, 2.75) is 6.04 Å². The Bertz CT molecular complexity index is 635. The third kappa shape index (κ3) is 3.04. The molecule has 0 heterocycles. The predicted octanol–water partition coefficient (Wildman–Crippen LogP) is 3.65. The summed E-state index contributed by atoms with van der Waals surface area (Å²) in [6.07, 6.45) is 0. The Hall–Kier alpha value is -2.61. The molecule has 0 amide bonds. The van der Waals surface area contributed by atoms with Gasteiger partial charge in [0, 0.05) is 5.69 Å². The zero-order valence-corrected chi connectivity index (χ0v) is 10.7. The molecule has 102 valence electrons. The number of methoxy groups -OCH3 is 1. The SMILES string of the molecule is COc1ccc(NC(C#N)c2ccc(F)c(F)c2)cc1. The van der Waals surface area contributed by atoms with Crippen molar-refractivity contribution in [1.82, 2.24) is 0 Å². The average molecular weight is 274 g/mol. The second-order valence-corrected chi connectivity index (χ2v) is 4.11. The van der Waals surface area contributed by atoms with Gasteiger partial charge in [0.05, 0.1) is 13.2 Å². The topological polar surface area (TPSA) is 45.0 Å². The van der Waals surface area contributed by atoms with Gasteiger partial charge < -0.3 is 10.1 Å². The minimum Gasteiger partial charge on any atom is -0.497 e. The summed E-state index contributed by atoms with van der Waals surface area (Å²) in [6.45, 7) is 0. The first-order valence-corrected chi connectivity index (χ1v) is 5.89. The highest BCUT2D eigenvalue weighted by molar-refractivity contribution is 5.49. The van der Waals surface area contributed by atoms with Gasteiger partial charge in [-0.15, -0.1) is 0 Å². The predicted molar refractivity (Wildman–Crippen MR) is 71.3 cm³/mol. The van der Waals surface area contributed by atoms with Crippen LogP contribution in [0, 0.1) is 23.0 Å². The quantitative estimate of drug-likeness (QED) is 0.925. The van der Waals surface area contributed by atoms with Crippen molar-refractivity contribution in [2.24, 2.45) is 0 Å². The molecule has 0 saturated carbocycles. The van der Waals surface area contributed by atoms with Crippen molar-refractivity contribution >= 4 is 5.69 Å². The van der Waals surface area contributed by atoms with E-state index in [1.54, 1.807) is 31.4 Å². The number of nitriles is 1. The van der Waals surface area contributed by atoms with E-state index >= 15 is 0 Å². The third-order valence-corrected chi connectivity index (χ3v) is 2.81. The standard InChI is InChI=1S/C15H12F2N2O/c1-20-12-5-3-11(4-6-12)19-15(9-18)10-2-7-13(16)14(17)8-10/h2-8,15,19H,1H3. The number of anilines is 1. The molecule has 2 aromatic carbocycles. The van der Waals surface area contributed by atoms with E-state index in [-0.39, 0.29) is 0 Å². The molecule has 0 bridgehead atoms. The first kappa shape index (κ1) is 13.8. The molecule has 2 aromatic rings. The average Bonchev–Trinajstić information content (AvgIpc) is 2.48. The fourth-order valence-corrected chi connectivity index (χ4v) is 1.74. The van der Waals surface area contributed by atoms with Crippen LogP contribution in [0.4, 0.5) is 14.5 Å². The van der Waals surface area contributed by atoms with Crippen LogP contribution in [0.15, 0.2) is 42.5 Å². The van der Waals surface area contributed by atoms with Crippen molar-refractivity contribution in [3.8, 4) is 11.8 Å². The fraction of sp³-hybridized carbons (Fsp3) is 0.133. The van der Waals surface area contributed by atoms with Crippen LogP contribution >= 0.6 is 0 Å². The number of ether oxygens (including phenoxy) is 1. The second-order valence-electron chi connectivity index (χ2n) is 4.11. The smallest absolute Gasteiger partial charge is 0.159 e. The molecule has 0 spiro atoms.